The summed E-state index contributed by atoms with van der Waals surface area (Å²) in [6, 6.07) is 6.19. The molecule has 8 heteroatoms. The number of carbonyl (C=O) groups excluding carboxylic acids is 3. The van der Waals surface area contributed by atoms with Gasteiger partial charge in [-0.2, -0.15) is 0 Å². The van der Waals surface area contributed by atoms with Crippen LogP contribution in [0.25, 0.3) is 0 Å². The Hall–Kier alpha value is -2.87. The third-order valence-corrected chi connectivity index (χ3v) is 4.76. The molecule has 1 atom stereocenters. The van der Waals surface area contributed by atoms with Gasteiger partial charge in [0.05, 0.1) is 18.2 Å². The van der Waals surface area contributed by atoms with E-state index in [1.165, 1.54) is 7.11 Å². The minimum absolute atomic E-state index is 0.0811. The van der Waals surface area contributed by atoms with Gasteiger partial charge in [0.25, 0.3) is 0 Å². The second kappa shape index (κ2) is 11.3. The van der Waals surface area contributed by atoms with E-state index in [1.54, 1.807) is 30.0 Å². The van der Waals surface area contributed by atoms with Crippen molar-refractivity contribution in [3.63, 3.8) is 0 Å². The van der Waals surface area contributed by atoms with Crippen molar-refractivity contribution in [1.82, 2.24) is 10.2 Å². The first-order chi connectivity index (χ1) is 14.4. The summed E-state index contributed by atoms with van der Waals surface area (Å²) in [7, 11) is 1.53. The first kappa shape index (κ1) is 23.4. The summed E-state index contributed by atoms with van der Waals surface area (Å²) in [5, 5.41) is 5.76. The number of methoxy groups -OCH3 is 1. The number of benzene rings is 1. The summed E-state index contributed by atoms with van der Waals surface area (Å²) in [6.07, 6.45) is 1.92. The number of allylic oxidation sites excluding steroid dienone is 1. The highest BCUT2D eigenvalue weighted by atomic mass is 16.6. The lowest BCUT2D eigenvalue weighted by atomic mass is 9.94. The molecule has 1 aliphatic rings. The molecule has 1 heterocycles. The Morgan fingerprint density at radius 3 is 2.63 bits per heavy atom. The van der Waals surface area contributed by atoms with Crippen LogP contribution in [0, 0.1) is 0 Å². The molecule has 0 fully saturated rings. The number of anilines is 1. The number of amides is 3. The fourth-order valence-corrected chi connectivity index (χ4v) is 3.33. The maximum absolute atomic E-state index is 12.9. The van der Waals surface area contributed by atoms with Crippen LogP contribution in [0.5, 0.6) is 0 Å². The van der Waals surface area contributed by atoms with E-state index in [2.05, 4.69) is 10.6 Å². The average Bonchev–Trinajstić information content (AvgIpc) is 2.71. The molecule has 1 aromatic carbocycles. The Bertz CT molecular complexity index is 806. The minimum Gasteiger partial charge on any atom is -0.460 e. The Labute approximate surface area is 177 Å². The van der Waals surface area contributed by atoms with Gasteiger partial charge < -0.3 is 20.1 Å². The van der Waals surface area contributed by atoms with Crippen LogP contribution in [0.15, 0.2) is 35.5 Å². The van der Waals surface area contributed by atoms with E-state index in [0.717, 1.165) is 12.8 Å². The van der Waals surface area contributed by atoms with Crippen molar-refractivity contribution in [2.45, 2.75) is 46.1 Å². The van der Waals surface area contributed by atoms with E-state index in [0.29, 0.717) is 35.5 Å². The van der Waals surface area contributed by atoms with E-state index in [9.17, 15) is 14.4 Å². The fourth-order valence-electron chi connectivity index (χ4n) is 3.33. The van der Waals surface area contributed by atoms with Crippen LogP contribution >= 0.6 is 0 Å². The predicted octanol–water partition coefficient (Wildman–Crippen LogP) is 3.37. The molecule has 1 unspecified atom stereocenters. The molecular weight excluding hydrogens is 386 g/mol. The quantitative estimate of drug-likeness (QED) is 0.449. The number of esters is 1. The molecule has 0 bridgehead atoms. The summed E-state index contributed by atoms with van der Waals surface area (Å²) < 4.78 is 10.3. The van der Waals surface area contributed by atoms with Crippen LogP contribution in [-0.2, 0) is 19.1 Å². The molecule has 0 radical (unpaired) electrons. The normalized spacial score (nSPS) is 16.3. The van der Waals surface area contributed by atoms with Crippen LogP contribution in [0.1, 0.15) is 51.6 Å². The molecule has 1 aliphatic heterocycles. The Morgan fingerprint density at radius 1 is 1.20 bits per heavy atom. The van der Waals surface area contributed by atoms with Crippen LogP contribution in [0.4, 0.5) is 10.5 Å². The van der Waals surface area contributed by atoms with E-state index in [1.807, 2.05) is 19.9 Å². The number of urea groups is 1. The molecule has 8 nitrogen and oxygen atoms in total. The van der Waals surface area contributed by atoms with Crippen molar-refractivity contribution < 1.29 is 23.9 Å². The van der Waals surface area contributed by atoms with Crippen LogP contribution in [0.2, 0.25) is 0 Å². The molecule has 164 valence electrons. The maximum Gasteiger partial charge on any atom is 0.338 e. The van der Waals surface area contributed by atoms with Crippen molar-refractivity contribution in [3.05, 3.63) is 41.1 Å². The van der Waals surface area contributed by atoms with Crippen LogP contribution in [-0.4, -0.2) is 49.7 Å². The maximum atomic E-state index is 12.9. The summed E-state index contributed by atoms with van der Waals surface area (Å²) in [6.45, 7) is 6.55. The van der Waals surface area contributed by atoms with Crippen molar-refractivity contribution in [2.75, 3.05) is 32.2 Å². The van der Waals surface area contributed by atoms with Gasteiger partial charge in [-0.1, -0.05) is 26.0 Å². The number of hydrogen-bond acceptors (Lipinski definition) is 5. The lowest BCUT2D eigenvalue weighted by Gasteiger charge is -2.35. The monoisotopic (exact) mass is 417 g/mol. The molecule has 0 saturated carbocycles. The summed E-state index contributed by atoms with van der Waals surface area (Å²) in [5.41, 5.74) is 2.23. The molecule has 0 aromatic heterocycles. The molecule has 3 amide bonds. The first-order valence-electron chi connectivity index (χ1n) is 10.3. The number of rotatable bonds is 10. The van der Waals surface area contributed by atoms with Crippen molar-refractivity contribution in [1.29, 1.82) is 0 Å². The average molecular weight is 418 g/mol. The molecule has 2 rings (SSSR count). The Morgan fingerprint density at radius 2 is 1.97 bits per heavy atom. The molecule has 30 heavy (non-hydrogen) atoms. The number of ether oxygens (including phenoxy) is 2. The molecule has 0 aliphatic carbocycles. The van der Waals surface area contributed by atoms with Gasteiger partial charge in [0.2, 0.25) is 5.91 Å². The molecule has 2 N–H and O–H groups in total. The van der Waals surface area contributed by atoms with Gasteiger partial charge in [-0.25, -0.2) is 9.59 Å². The standard InChI is InChI=1S/C22H31N3O5/c1-5-8-18(26)23-17-10-7-9-16(14-17)20-19(21(27)30-13-12-29-4)15(3)25(11-6-2)22(28)24-20/h7,9-10,14,20H,5-6,8,11-13H2,1-4H3,(H,23,26)(H,24,28). The lowest BCUT2D eigenvalue weighted by Crippen LogP contribution is -2.48. The highest BCUT2D eigenvalue weighted by Crippen LogP contribution is 2.32. The van der Waals surface area contributed by atoms with Gasteiger partial charge >= 0.3 is 12.0 Å². The van der Waals surface area contributed by atoms with E-state index < -0.39 is 12.0 Å². The van der Waals surface area contributed by atoms with E-state index in [-0.39, 0.29) is 25.2 Å². The summed E-state index contributed by atoms with van der Waals surface area (Å²) in [5.74, 6) is -0.585. The number of hydrogen-bond donors (Lipinski definition) is 2. The SMILES string of the molecule is CCCC(=O)Nc1cccc(C2NC(=O)N(CCC)C(C)=C2C(=O)OCCOC)c1. The van der Waals surface area contributed by atoms with Crippen LogP contribution < -0.4 is 10.6 Å². The smallest absolute Gasteiger partial charge is 0.338 e. The topological polar surface area (TPSA) is 97.0 Å². The minimum atomic E-state index is -0.677. The van der Waals surface area contributed by atoms with Crippen LogP contribution in [0.3, 0.4) is 0 Å². The second-order valence-electron chi connectivity index (χ2n) is 7.09. The molecule has 1 aromatic rings. The van der Waals surface area contributed by atoms with Gasteiger partial charge in [0.1, 0.15) is 6.61 Å². The number of nitrogens with one attached hydrogen (secondary N) is 2. The molecule has 0 spiro atoms. The van der Waals surface area contributed by atoms with Gasteiger partial charge in [-0.15, -0.1) is 0 Å². The van der Waals surface area contributed by atoms with Crippen molar-refractivity contribution in [3.8, 4) is 0 Å². The first-order valence-corrected chi connectivity index (χ1v) is 10.3. The zero-order valence-corrected chi connectivity index (χ0v) is 18.1. The summed E-state index contributed by atoms with van der Waals surface area (Å²) in [4.78, 5) is 39.1. The van der Waals surface area contributed by atoms with Gasteiger partial charge in [0.15, 0.2) is 0 Å². The zero-order valence-electron chi connectivity index (χ0n) is 18.1. The lowest BCUT2D eigenvalue weighted by molar-refractivity contribution is -0.141. The second-order valence-corrected chi connectivity index (χ2v) is 7.09. The highest BCUT2D eigenvalue weighted by Gasteiger charge is 2.36. The van der Waals surface area contributed by atoms with Gasteiger partial charge in [-0.3, -0.25) is 9.69 Å². The molecule has 0 saturated heterocycles. The number of nitrogens with zero attached hydrogens (tertiary/aromatic N) is 1. The molecular formula is C22H31N3O5. The highest BCUT2D eigenvalue weighted by molar-refractivity contribution is 5.95. The zero-order chi connectivity index (χ0) is 22.1. The predicted molar refractivity (Wildman–Crippen MR) is 114 cm³/mol. The Kier molecular flexibility index (Phi) is 8.86. The van der Waals surface area contributed by atoms with E-state index in [4.69, 9.17) is 9.47 Å². The number of carbonyl (C=O) groups is 3. The Balaban J connectivity index is 2.39. The van der Waals surface area contributed by atoms with Gasteiger partial charge in [0, 0.05) is 31.5 Å². The summed E-state index contributed by atoms with van der Waals surface area (Å²) >= 11 is 0. The largest absolute Gasteiger partial charge is 0.460 e. The third-order valence-electron chi connectivity index (χ3n) is 4.76. The van der Waals surface area contributed by atoms with Crippen molar-refractivity contribution in [2.24, 2.45) is 0 Å². The van der Waals surface area contributed by atoms with Gasteiger partial charge in [-0.05, 0) is 37.5 Å². The third kappa shape index (κ3) is 5.82. The van der Waals surface area contributed by atoms with Crippen molar-refractivity contribution >= 4 is 23.6 Å². The van der Waals surface area contributed by atoms with E-state index >= 15 is 0 Å². The fraction of sp³-hybridized carbons (Fsp3) is 0.500.